The van der Waals surface area contributed by atoms with Crippen LogP contribution in [0.5, 0.6) is 0 Å². The SMILES string of the molecule is O=S(=O)(Nc1cccc(F)c1)c1cc(Cl)c(N[C@@H]2CCCC[C@H]2N2CCCC2)cc1F. The van der Waals surface area contributed by atoms with Crippen molar-refractivity contribution >= 4 is 33.0 Å². The maximum absolute atomic E-state index is 14.9. The minimum absolute atomic E-state index is 0.00776. The molecule has 2 aromatic carbocycles. The van der Waals surface area contributed by atoms with E-state index < -0.39 is 26.6 Å². The highest BCUT2D eigenvalue weighted by Gasteiger charge is 2.32. The lowest BCUT2D eigenvalue weighted by atomic mass is 9.89. The molecule has 2 atom stereocenters. The standard InChI is InChI=1S/C22H26ClF2N3O2S/c23-17-13-22(31(29,30)27-16-7-5-6-15(24)12-16)18(25)14-20(17)26-19-8-1-2-9-21(19)28-10-3-4-11-28/h5-7,12-14,19,21,26-27H,1-4,8-11H2/t19-,21-/m1/s1. The Morgan fingerprint density at radius 1 is 1.00 bits per heavy atom. The Kier molecular flexibility index (Phi) is 6.69. The Bertz CT molecular complexity index is 1050. The Morgan fingerprint density at radius 3 is 2.48 bits per heavy atom. The minimum atomic E-state index is -4.27. The summed E-state index contributed by atoms with van der Waals surface area (Å²) in [4.78, 5) is 1.91. The van der Waals surface area contributed by atoms with Crippen molar-refractivity contribution in [2.75, 3.05) is 23.1 Å². The Balaban J connectivity index is 1.55. The summed E-state index contributed by atoms with van der Waals surface area (Å²) in [6.07, 6.45) is 6.70. The number of rotatable bonds is 6. The van der Waals surface area contributed by atoms with Crippen LogP contribution in [0.25, 0.3) is 0 Å². The molecule has 2 aliphatic rings. The molecular formula is C22H26ClF2N3O2S. The number of sulfonamides is 1. The lowest BCUT2D eigenvalue weighted by Gasteiger charge is -2.39. The first kappa shape index (κ1) is 22.3. The fourth-order valence-electron chi connectivity index (χ4n) is 4.60. The van der Waals surface area contributed by atoms with Gasteiger partial charge in [-0.1, -0.05) is 30.5 Å². The summed E-state index contributed by atoms with van der Waals surface area (Å²) in [5.74, 6) is -1.51. The summed E-state index contributed by atoms with van der Waals surface area (Å²) in [6, 6.07) is 7.71. The quantitative estimate of drug-likeness (QED) is 0.607. The highest BCUT2D eigenvalue weighted by Crippen LogP contribution is 2.33. The molecule has 5 nitrogen and oxygen atoms in total. The second-order valence-electron chi connectivity index (χ2n) is 8.22. The van der Waals surface area contributed by atoms with Crippen LogP contribution in [-0.4, -0.2) is 38.5 Å². The molecule has 0 amide bonds. The van der Waals surface area contributed by atoms with Gasteiger partial charge >= 0.3 is 0 Å². The average molecular weight is 470 g/mol. The molecule has 0 unspecified atom stereocenters. The molecule has 1 saturated heterocycles. The van der Waals surface area contributed by atoms with Crippen molar-refractivity contribution < 1.29 is 17.2 Å². The van der Waals surface area contributed by atoms with Gasteiger partial charge in [-0.2, -0.15) is 0 Å². The van der Waals surface area contributed by atoms with Crippen LogP contribution < -0.4 is 10.0 Å². The van der Waals surface area contributed by atoms with Gasteiger partial charge in [0.2, 0.25) is 0 Å². The fraction of sp³-hybridized carbons (Fsp3) is 0.455. The molecule has 168 valence electrons. The summed E-state index contributed by atoms with van der Waals surface area (Å²) in [5.41, 5.74) is 0.397. The number of hydrogen-bond acceptors (Lipinski definition) is 4. The van der Waals surface area contributed by atoms with E-state index in [2.05, 4.69) is 14.9 Å². The van der Waals surface area contributed by atoms with Crippen LogP contribution in [0.1, 0.15) is 38.5 Å². The fourth-order valence-corrected chi connectivity index (χ4v) is 6.02. The third-order valence-electron chi connectivity index (χ3n) is 6.07. The van der Waals surface area contributed by atoms with E-state index in [1.807, 2.05) is 0 Å². The number of nitrogens with one attached hydrogen (secondary N) is 2. The molecule has 1 aliphatic heterocycles. The van der Waals surface area contributed by atoms with Gasteiger partial charge in [-0.05, 0) is 69.1 Å². The van der Waals surface area contributed by atoms with Crippen molar-refractivity contribution in [3.63, 3.8) is 0 Å². The smallest absolute Gasteiger partial charge is 0.264 e. The van der Waals surface area contributed by atoms with E-state index in [1.165, 1.54) is 37.5 Å². The van der Waals surface area contributed by atoms with Gasteiger partial charge in [0.15, 0.2) is 0 Å². The molecular weight excluding hydrogens is 444 g/mol. The maximum atomic E-state index is 14.9. The summed E-state index contributed by atoms with van der Waals surface area (Å²) in [7, 11) is -4.27. The first-order chi connectivity index (χ1) is 14.8. The summed E-state index contributed by atoms with van der Waals surface area (Å²) in [5, 5.41) is 3.51. The van der Waals surface area contributed by atoms with Gasteiger partial charge in [-0.25, -0.2) is 17.2 Å². The number of hydrogen-bond donors (Lipinski definition) is 2. The number of nitrogens with zero attached hydrogens (tertiary/aromatic N) is 1. The van der Waals surface area contributed by atoms with Gasteiger partial charge in [0.25, 0.3) is 10.0 Å². The second-order valence-corrected chi connectivity index (χ2v) is 10.3. The van der Waals surface area contributed by atoms with E-state index in [4.69, 9.17) is 11.6 Å². The van der Waals surface area contributed by atoms with E-state index in [0.717, 1.165) is 50.6 Å². The van der Waals surface area contributed by atoms with Crippen LogP contribution in [0.2, 0.25) is 5.02 Å². The third-order valence-corrected chi connectivity index (χ3v) is 7.78. The third kappa shape index (κ3) is 5.13. The molecule has 1 heterocycles. The van der Waals surface area contributed by atoms with Gasteiger partial charge in [-0.3, -0.25) is 9.62 Å². The van der Waals surface area contributed by atoms with Crippen LogP contribution in [0.4, 0.5) is 20.2 Å². The molecule has 2 aromatic rings. The molecule has 0 bridgehead atoms. The zero-order valence-corrected chi connectivity index (χ0v) is 18.7. The highest BCUT2D eigenvalue weighted by molar-refractivity contribution is 7.92. The molecule has 9 heteroatoms. The molecule has 2 N–H and O–H groups in total. The molecule has 2 fully saturated rings. The molecule has 0 radical (unpaired) electrons. The van der Waals surface area contributed by atoms with Crippen LogP contribution in [-0.2, 0) is 10.0 Å². The molecule has 31 heavy (non-hydrogen) atoms. The minimum Gasteiger partial charge on any atom is -0.379 e. The first-order valence-electron chi connectivity index (χ1n) is 10.6. The molecule has 4 rings (SSSR count). The Labute approximate surface area is 186 Å². The average Bonchev–Trinajstić information content (AvgIpc) is 3.25. The zero-order chi connectivity index (χ0) is 22.0. The Hall–Kier alpha value is -1.90. The monoisotopic (exact) mass is 469 g/mol. The topological polar surface area (TPSA) is 61.4 Å². The summed E-state index contributed by atoms with van der Waals surface area (Å²) < 4.78 is 55.7. The lowest BCUT2D eigenvalue weighted by Crippen LogP contribution is -2.47. The molecule has 0 aromatic heterocycles. The maximum Gasteiger partial charge on any atom is 0.264 e. The Morgan fingerprint density at radius 2 is 1.74 bits per heavy atom. The first-order valence-corrected chi connectivity index (χ1v) is 12.5. The normalized spacial score (nSPS) is 22.4. The molecule has 0 spiro atoms. The van der Waals surface area contributed by atoms with Crippen LogP contribution in [0.15, 0.2) is 41.3 Å². The van der Waals surface area contributed by atoms with Crippen LogP contribution >= 0.6 is 11.6 Å². The van der Waals surface area contributed by atoms with Crippen LogP contribution in [0, 0.1) is 11.6 Å². The summed E-state index contributed by atoms with van der Waals surface area (Å²) >= 11 is 6.37. The van der Waals surface area contributed by atoms with Crippen molar-refractivity contribution in [1.29, 1.82) is 0 Å². The second kappa shape index (κ2) is 9.30. The van der Waals surface area contributed by atoms with Gasteiger partial charge in [0.05, 0.1) is 16.4 Å². The van der Waals surface area contributed by atoms with Gasteiger partial charge in [-0.15, -0.1) is 0 Å². The molecule has 1 aliphatic carbocycles. The van der Waals surface area contributed by atoms with Crippen molar-refractivity contribution in [2.24, 2.45) is 0 Å². The van der Waals surface area contributed by atoms with Gasteiger partial charge < -0.3 is 5.32 Å². The van der Waals surface area contributed by atoms with Crippen molar-refractivity contribution in [2.45, 2.75) is 55.5 Å². The number of anilines is 2. The number of halogens is 3. The van der Waals surface area contributed by atoms with E-state index >= 15 is 0 Å². The van der Waals surface area contributed by atoms with E-state index in [1.54, 1.807) is 0 Å². The lowest BCUT2D eigenvalue weighted by molar-refractivity contribution is 0.177. The van der Waals surface area contributed by atoms with E-state index in [0.29, 0.717) is 11.7 Å². The van der Waals surface area contributed by atoms with E-state index in [9.17, 15) is 17.2 Å². The summed E-state index contributed by atoms with van der Waals surface area (Å²) in [6.45, 7) is 2.15. The van der Waals surface area contributed by atoms with Crippen molar-refractivity contribution in [1.82, 2.24) is 4.90 Å². The van der Waals surface area contributed by atoms with Crippen molar-refractivity contribution in [3.8, 4) is 0 Å². The number of likely N-dealkylation sites (tertiary alicyclic amines) is 1. The van der Waals surface area contributed by atoms with E-state index in [-0.39, 0.29) is 16.8 Å². The van der Waals surface area contributed by atoms with Gasteiger partial charge in [0.1, 0.15) is 16.5 Å². The largest absolute Gasteiger partial charge is 0.379 e. The van der Waals surface area contributed by atoms with Gasteiger partial charge in [0, 0.05) is 12.1 Å². The predicted octanol–water partition coefficient (Wildman–Crippen LogP) is 5.24. The van der Waals surface area contributed by atoms with Crippen molar-refractivity contribution in [3.05, 3.63) is 53.1 Å². The molecule has 1 saturated carbocycles. The van der Waals surface area contributed by atoms with Crippen LogP contribution in [0.3, 0.4) is 0 Å². The zero-order valence-electron chi connectivity index (χ0n) is 17.1. The predicted molar refractivity (Wildman–Crippen MR) is 119 cm³/mol. The highest BCUT2D eigenvalue weighted by atomic mass is 35.5. The number of benzene rings is 2.